The van der Waals surface area contributed by atoms with Crippen molar-refractivity contribution in [3.63, 3.8) is 0 Å². The van der Waals surface area contributed by atoms with E-state index in [9.17, 15) is 13.2 Å². The number of ether oxygens (including phenoxy) is 1. The standard InChI is InChI=1S/C27H28Cl2N2O4S/c1-3-27(4-2)17-22(20-13-8-9-16-24(20)35-27)30-25(32)18-31(23-15-10-14-21(28)26(23)29)36(33,34)19-11-6-5-7-12-19/h5-16,22H,3-4,17-18H2,1-2H3,(H,30,32). The van der Waals surface area contributed by atoms with Gasteiger partial charge in [-0.3, -0.25) is 9.10 Å². The molecule has 0 radical (unpaired) electrons. The number of carbonyl (C=O) groups is 1. The van der Waals surface area contributed by atoms with Crippen LogP contribution in [-0.2, 0) is 14.8 Å². The molecule has 1 unspecified atom stereocenters. The van der Waals surface area contributed by atoms with E-state index < -0.39 is 28.1 Å². The second kappa shape index (κ2) is 10.7. The third kappa shape index (κ3) is 5.19. The second-order valence-electron chi connectivity index (χ2n) is 8.75. The summed E-state index contributed by atoms with van der Waals surface area (Å²) in [5.74, 6) is 0.262. The number of anilines is 1. The van der Waals surface area contributed by atoms with Gasteiger partial charge in [0.1, 0.15) is 17.9 Å². The van der Waals surface area contributed by atoms with Crippen LogP contribution in [0.5, 0.6) is 5.75 Å². The molecule has 0 spiro atoms. The van der Waals surface area contributed by atoms with Crippen molar-refractivity contribution in [3.05, 3.63) is 88.4 Å². The number of para-hydroxylation sites is 1. The average Bonchev–Trinajstić information content (AvgIpc) is 2.89. The minimum Gasteiger partial charge on any atom is -0.487 e. The van der Waals surface area contributed by atoms with Gasteiger partial charge in [0.25, 0.3) is 10.0 Å². The van der Waals surface area contributed by atoms with Gasteiger partial charge in [0.15, 0.2) is 0 Å². The summed E-state index contributed by atoms with van der Waals surface area (Å²) < 4.78 is 34.6. The Bertz CT molecular complexity index is 1340. The fourth-order valence-corrected chi connectivity index (χ4v) is 6.41. The number of nitrogens with zero attached hydrogens (tertiary/aromatic N) is 1. The summed E-state index contributed by atoms with van der Waals surface area (Å²) in [5.41, 5.74) is 0.576. The number of benzene rings is 3. The van der Waals surface area contributed by atoms with Crippen molar-refractivity contribution < 1.29 is 17.9 Å². The predicted octanol–water partition coefficient (Wildman–Crippen LogP) is 6.39. The highest BCUT2D eigenvalue weighted by atomic mass is 35.5. The zero-order valence-corrected chi connectivity index (χ0v) is 22.4. The first-order valence-electron chi connectivity index (χ1n) is 11.8. The molecule has 190 valence electrons. The maximum Gasteiger partial charge on any atom is 0.264 e. The first kappa shape index (κ1) is 26.3. The van der Waals surface area contributed by atoms with Crippen molar-refractivity contribution >= 4 is 44.8 Å². The Labute approximate surface area is 222 Å². The van der Waals surface area contributed by atoms with Gasteiger partial charge in [-0.25, -0.2) is 8.42 Å². The minimum atomic E-state index is -4.12. The fourth-order valence-electron chi connectivity index (χ4n) is 4.50. The summed E-state index contributed by atoms with van der Waals surface area (Å²) in [6, 6.07) is 19.9. The molecule has 6 nitrogen and oxygen atoms in total. The largest absolute Gasteiger partial charge is 0.487 e. The summed E-state index contributed by atoms with van der Waals surface area (Å²) >= 11 is 12.6. The van der Waals surface area contributed by atoms with Crippen LogP contribution in [0.25, 0.3) is 0 Å². The van der Waals surface area contributed by atoms with Crippen LogP contribution in [0.4, 0.5) is 5.69 Å². The number of hydrogen-bond donors (Lipinski definition) is 1. The fraction of sp³-hybridized carbons (Fsp3) is 0.296. The minimum absolute atomic E-state index is 0.0428. The summed E-state index contributed by atoms with van der Waals surface area (Å²) in [6.45, 7) is 3.65. The van der Waals surface area contributed by atoms with Gasteiger partial charge < -0.3 is 10.1 Å². The topological polar surface area (TPSA) is 75.7 Å². The van der Waals surface area contributed by atoms with E-state index in [2.05, 4.69) is 19.2 Å². The van der Waals surface area contributed by atoms with E-state index in [1.807, 2.05) is 24.3 Å². The molecule has 1 aliphatic rings. The van der Waals surface area contributed by atoms with E-state index in [0.717, 1.165) is 28.5 Å². The SMILES string of the molecule is CCC1(CC)CC(NC(=O)CN(c2cccc(Cl)c2Cl)S(=O)(=O)c2ccccc2)c2ccccc2O1. The molecule has 1 N–H and O–H groups in total. The molecule has 1 heterocycles. The molecule has 0 bridgehead atoms. The summed E-state index contributed by atoms with van der Waals surface area (Å²) in [4.78, 5) is 13.5. The van der Waals surface area contributed by atoms with Crippen molar-refractivity contribution in [1.82, 2.24) is 5.32 Å². The van der Waals surface area contributed by atoms with Crippen LogP contribution < -0.4 is 14.4 Å². The summed E-state index contributed by atoms with van der Waals surface area (Å²) in [7, 11) is -4.12. The van der Waals surface area contributed by atoms with Crippen LogP contribution in [-0.4, -0.2) is 26.5 Å². The Morgan fingerprint density at radius 2 is 1.67 bits per heavy atom. The lowest BCUT2D eigenvalue weighted by molar-refractivity contribution is -0.121. The Hall–Kier alpha value is -2.74. The molecule has 3 aromatic rings. The van der Waals surface area contributed by atoms with Gasteiger partial charge in [0, 0.05) is 12.0 Å². The van der Waals surface area contributed by atoms with E-state index in [1.54, 1.807) is 30.3 Å². The molecule has 0 saturated carbocycles. The number of rotatable bonds is 8. The van der Waals surface area contributed by atoms with E-state index in [4.69, 9.17) is 27.9 Å². The van der Waals surface area contributed by atoms with E-state index >= 15 is 0 Å². The van der Waals surface area contributed by atoms with Gasteiger partial charge in [0.05, 0.1) is 26.7 Å². The van der Waals surface area contributed by atoms with Crippen molar-refractivity contribution in [3.8, 4) is 5.75 Å². The quantitative estimate of drug-likeness (QED) is 0.355. The first-order chi connectivity index (χ1) is 17.2. The number of hydrogen-bond acceptors (Lipinski definition) is 4. The molecule has 0 fully saturated rings. The average molecular weight is 548 g/mol. The van der Waals surface area contributed by atoms with E-state index in [1.165, 1.54) is 18.2 Å². The lowest BCUT2D eigenvalue weighted by Crippen LogP contribution is -2.47. The maximum atomic E-state index is 13.6. The van der Waals surface area contributed by atoms with Crippen LogP contribution in [0, 0.1) is 0 Å². The van der Waals surface area contributed by atoms with Crippen LogP contribution in [0.3, 0.4) is 0 Å². The highest BCUT2D eigenvalue weighted by Crippen LogP contribution is 2.43. The predicted molar refractivity (Wildman–Crippen MR) is 143 cm³/mol. The van der Waals surface area contributed by atoms with Crippen molar-refractivity contribution in [2.24, 2.45) is 0 Å². The number of amides is 1. The Morgan fingerprint density at radius 1 is 1.00 bits per heavy atom. The van der Waals surface area contributed by atoms with E-state index in [0.29, 0.717) is 6.42 Å². The Morgan fingerprint density at radius 3 is 2.36 bits per heavy atom. The smallest absolute Gasteiger partial charge is 0.264 e. The molecule has 3 aromatic carbocycles. The zero-order chi connectivity index (χ0) is 25.9. The lowest BCUT2D eigenvalue weighted by atomic mass is 9.83. The summed E-state index contributed by atoms with van der Waals surface area (Å²) in [5, 5.41) is 3.30. The number of sulfonamides is 1. The first-order valence-corrected chi connectivity index (χ1v) is 14.0. The second-order valence-corrected chi connectivity index (χ2v) is 11.4. The Kier molecular flexibility index (Phi) is 7.83. The van der Waals surface area contributed by atoms with Crippen molar-refractivity contribution in [2.75, 3.05) is 10.8 Å². The Balaban J connectivity index is 1.68. The molecule has 9 heteroatoms. The van der Waals surface area contributed by atoms with Crippen LogP contribution in [0.1, 0.15) is 44.7 Å². The highest BCUT2D eigenvalue weighted by molar-refractivity contribution is 7.92. The van der Waals surface area contributed by atoms with Gasteiger partial charge in [-0.15, -0.1) is 0 Å². The third-order valence-corrected chi connectivity index (χ3v) is 9.22. The number of halogens is 2. The van der Waals surface area contributed by atoms with Gasteiger partial charge in [-0.1, -0.05) is 79.5 Å². The van der Waals surface area contributed by atoms with Crippen molar-refractivity contribution in [1.29, 1.82) is 0 Å². The van der Waals surface area contributed by atoms with Crippen molar-refractivity contribution in [2.45, 2.75) is 49.6 Å². The zero-order valence-electron chi connectivity index (χ0n) is 20.1. The van der Waals surface area contributed by atoms with Crippen LogP contribution >= 0.6 is 23.2 Å². The molecular formula is C27H28Cl2N2O4S. The maximum absolute atomic E-state index is 13.6. The van der Waals surface area contributed by atoms with E-state index in [-0.39, 0.29) is 26.7 Å². The molecule has 0 saturated heterocycles. The number of nitrogens with one attached hydrogen (secondary N) is 1. The van der Waals surface area contributed by atoms with Gasteiger partial charge in [-0.2, -0.15) is 0 Å². The highest BCUT2D eigenvalue weighted by Gasteiger charge is 2.39. The molecule has 4 rings (SSSR count). The van der Waals surface area contributed by atoms with Crippen LogP contribution in [0.15, 0.2) is 77.7 Å². The van der Waals surface area contributed by atoms with Crippen LogP contribution in [0.2, 0.25) is 10.0 Å². The monoisotopic (exact) mass is 546 g/mol. The molecular weight excluding hydrogens is 519 g/mol. The third-order valence-electron chi connectivity index (χ3n) is 6.64. The number of carbonyl (C=O) groups excluding carboxylic acids is 1. The van der Waals surface area contributed by atoms with Gasteiger partial charge in [-0.05, 0) is 43.2 Å². The molecule has 1 amide bonds. The summed E-state index contributed by atoms with van der Waals surface area (Å²) in [6.07, 6.45) is 2.12. The molecule has 0 aromatic heterocycles. The lowest BCUT2D eigenvalue weighted by Gasteiger charge is -2.41. The normalized spacial score (nSPS) is 16.5. The van der Waals surface area contributed by atoms with Gasteiger partial charge in [0.2, 0.25) is 5.91 Å². The molecule has 1 atom stereocenters. The van der Waals surface area contributed by atoms with Gasteiger partial charge >= 0.3 is 0 Å². The molecule has 1 aliphatic heterocycles. The molecule has 36 heavy (non-hydrogen) atoms. The number of fused-ring (bicyclic) bond motifs is 1. The molecule has 0 aliphatic carbocycles.